The van der Waals surface area contributed by atoms with Crippen molar-refractivity contribution in [1.29, 1.82) is 0 Å². The Kier molecular flexibility index (Phi) is 4.51. The number of halogens is 1. The molecule has 0 bridgehead atoms. The van der Waals surface area contributed by atoms with Crippen molar-refractivity contribution in [3.05, 3.63) is 21.7 Å². The number of rotatable bonds is 4. The van der Waals surface area contributed by atoms with Gasteiger partial charge < -0.3 is 9.47 Å². The van der Waals surface area contributed by atoms with Crippen LogP contribution in [-0.4, -0.2) is 20.3 Å². The number of nitrogens with zero attached hydrogens (tertiary/aromatic N) is 1. The number of ether oxygens (including phenoxy) is 2. The molecule has 0 aromatic heterocycles. The number of carbonyl (C=O) groups excluding carboxylic acids is 1. The van der Waals surface area contributed by atoms with E-state index in [2.05, 4.69) is 20.9 Å². The maximum absolute atomic E-state index is 10.9. The highest BCUT2D eigenvalue weighted by molar-refractivity contribution is 9.10. The van der Waals surface area contributed by atoms with Crippen molar-refractivity contribution in [3.8, 4) is 11.5 Å². The summed E-state index contributed by atoms with van der Waals surface area (Å²) in [4.78, 5) is 15.0. The van der Waals surface area contributed by atoms with E-state index in [0.29, 0.717) is 11.5 Å². The molecule has 5 heteroatoms. The molecule has 108 valence electrons. The van der Waals surface area contributed by atoms with Crippen LogP contribution in [0.5, 0.6) is 11.5 Å². The van der Waals surface area contributed by atoms with Gasteiger partial charge in [-0.25, -0.2) is 4.79 Å². The van der Waals surface area contributed by atoms with E-state index in [1.165, 1.54) is 0 Å². The first-order valence-electron chi connectivity index (χ1n) is 6.60. The van der Waals surface area contributed by atoms with E-state index < -0.39 is 5.54 Å². The van der Waals surface area contributed by atoms with Crippen molar-refractivity contribution in [2.45, 2.75) is 38.1 Å². The van der Waals surface area contributed by atoms with Crippen LogP contribution in [0.15, 0.2) is 15.5 Å². The molecule has 4 nitrogen and oxygen atoms in total. The maximum Gasteiger partial charge on any atom is 0.235 e. The first-order valence-corrected chi connectivity index (χ1v) is 7.39. The Bertz CT molecular complexity index is 559. The van der Waals surface area contributed by atoms with Crippen LogP contribution < -0.4 is 9.47 Å². The van der Waals surface area contributed by atoms with E-state index in [0.717, 1.165) is 41.3 Å². The van der Waals surface area contributed by atoms with Gasteiger partial charge in [-0.2, -0.15) is 4.99 Å². The van der Waals surface area contributed by atoms with Crippen molar-refractivity contribution in [2.75, 3.05) is 14.2 Å². The Morgan fingerprint density at radius 3 is 2.45 bits per heavy atom. The summed E-state index contributed by atoms with van der Waals surface area (Å²) in [6.07, 6.45) is 5.59. The highest BCUT2D eigenvalue weighted by Gasteiger charge is 2.39. The van der Waals surface area contributed by atoms with Gasteiger partial charge in [-0.1, -0.05) is 12.8 Å². The summed E-state index contributed by atoms with van der Waals surface area (Å²) >= 11 is 3.60. The van der Waals surface area contributed by atoms with Crippen molar-refractivity contribution in [1.82, 2.24) is 0 Å². The summed E-state index contributed by atoms with van der Waals surface area (Å²) in [6, 6.07) is 1.93. The number of isocyanates is 1. The Morgan fingerprint density at radius 1 is 1.30 bits per heavy atom. The van der Waals surface area contributed by atoms with Gasteiger partial charge in [0.15, 0.2) is 11.5 Å². The van der Waals surface area contributed by atoms with E-state index in [1.807, 2.05) is 13.0 Å². The number of aliphatic imine (C=N–C) groups is 1. The fourth-order valence-corrected chi connectivity index (χ4v) is 4.15. The normalized spacial score (nSPS) is 16.6. The van der Waals surface area contributed by atoms with Crippen molar-refractivity contribution in [3.63, 3.8) is 0 Å². The van der Waals surface area contributed by atoms with Gasteiger partial charge in [0.05, 0.1) is 24.2 Å². The van der Waals surface area contributed by atoms with Crippen LogP contribution in [0.1, 0.15) is 36.8 Å². The molecule has 1 aromatic carbocycles. The molecule has 0 radical (unpaired) electrons. The van der Waals surface area contributed by atoms with Gasteiger partial charge in [0.1, 0.15) is 0 Å². The average molecular weight is 340 g/mol. The number of hydrogen-bond donors (Lipinski definition) is 0. The van der Waals surface area contributed by atoms with Crippen LogP contribution in [0, 0.1) is 6.92 Å². The SMILES string of the molecule is COc1cc(C)c(C2(N=C=O)CCCC2)c(Br)c1OC. The number of hydrogen-bond acceptors (Lipinski definition) is 4. The lowest BCUT2D eigenvalue weighted by molar-refractivity contribution is 0.349. The third-order valence-corrected chi connectivity index (χ3v) is 4.72. The molecule has 1 aliphatic carbocycles. The second-order valence-electron chi connectivity index (χ2n) is 5.06. The van der Waals surface area contributed by atoms with Crippen LogP contribution >= 0.6 is 15.9 Å². The summed E-state index contributed by atoms with van der Waals surface area (Å²) in [7, 11) is 3.21. The van der Waals surface area contributed by atoms with E-state index in [9.17, 15) is 4.79 Å². The molecular formula is C15H18BrNO3. The molecule has 0 N–H and O–H groups in total. The standard InChI is InChI=1S/C15H18BrNO3/c1-10-8-11(19-2)14(20-3)13(16)12(10)15(17-9-18)6-4-5-7-15/h8H,4-7H2,1-3H3. The van der Waals surface area contributed by atoms with Crippen molar-refractivity contribution in [2.24, 2.45) is 4.99 Å². The molecule has 0 atom stereocenters. The minimum absolute atomic E-state index is 0.482. The van der Waals surface area contributed by atoms with Crippen LogP contribution in [0.25, 0.3) is 0 Å². The Morgan fingerprint density at radius 2 is 1.95 bits per heavy atom. The molecule has 20 heavy (non-hydrogen) atoms. The van der Waals surface area contributed by atoms with Crippen LogP contribution in [0.2, 0.25) is 0 Å². The van der Waals surface area contributed by atoms with Gasteiger partial charge in [0.25, 0.3) is 0 Å². The molecule has 1 aliphatic rings. The lowest BCUT2D eigenvalue weighted by Crippen LogP contribution is -2.21. The van der Waals surface area contributed by atoms with Gasteiger partial charge in [0, 0.05) is 5.56 Å². The average Bonchev–Trinajstić information content (AvgIpc) is 2.87. The highest BCUT2D eigenvalue weighted by atomic mass is 79.9. The number of methoxy groups -OCH3 is 2. The Labute approximate surface area is 127 Å². The summed E-state index contributed by atoms with van der Waals surface area (Å²) in [5, 5.41) is 0. The summed E-state index contributed by atoms with van der Waals surface area (Å²) in [5.74, 6) is 1.31. The fourth-order valence-electron chi connectivity index (χ4n) is 3.11. The molecule has 0 spiro atoms. The predicted octanol–water partition coefficient (Wildman–Crippen LogP) is 3.88. The number of benzene rings is 1. The Balaban J connectivity index is 2.70. The fraction of sp³-hybridized carbons (Fsp3) is 0.533. The van der Waals surface area contributed by atoms with Gasteiger partial charge >= 0.3 is 0 Å². The molecule has 1 saturated carbocycles. The van der Waals surface area contributed by atoms with Crippen LogP contribution in [0.3, 0.4) is 0 Å². The van der Waals surface area contributed by atoms with E-state index in [1.54, 1.807) is 20.3 Å². The smallest absolute Gasteiger partial charge is 0.235 e. The first kappa shape index (κ1) is 15.1. The van der Waals surface area contributed by atoms with Gasteiger partial charge in [-0.15, -0.1) is 0 Å². The van der Waals surface area contributed by atoms with Gasteiger partial charge in [-0.3, -0.25) is 0 Å². The second-order valence-corrected chi connectivity index (χ2v) is 5.85. The van der Waals surface area contributed by atoms with Crippen molar-refractivity contribution >= 4 is 22.0 Å². The van der Waals surface area contributed by atoms with E-state index >= 15 is 0 Å². The van der Waals surface area contributed by atoms with Gasteiger partial charge in [0.2, 0.25) is 6.08 Å². The second kappa shape index (κ2) is 5.98. The topological polar surface area (TPSA) is 47.9 Å². The molecule has 2 rings (SSSR count). The minimum atomic E-state index is -0.482. The quantitative estimate of drug-likeness (QED) is 0.617. The third kappa shape index (κ3) is 2.36. The Hall–Kier alpha value is -1.32. The van der Waals surface area contributed by atoms with E-state index in [-0.39, 0.29) is 0 Å². The first-order chi connectivity index (χ1) is 9.59. The molecule has 0 aliphatic heterocycles. The summed E-state index contributed by atoms with van der Waals surface area (Å²) < 4.78 is 11.6. The predicted molar refractivity (Wildman–Crippen MR) is 80.3 cm³/mol. The summed E-state index contributed by atoms with van der Waals surface area (Å²) in [5.41, 5.74) is 1.57. The molecule has 0 amide bonds. The number of aryl methyl sites for hydroxylation is 1. The lowest BCUT2D eigenvalue weighted by atomic mass is 9.85. The maximum atomic E-state index is 10.9. The molecule has 0 heterocycles. The monoisotopic (exact) mass is 339 g/mol. The molecule has 0 unspecified atom stereocenters. The molecule has 1 aromatic rings. The van der Waals surface area contributed by atoms with Crippen molar-refractivity contribution < 1.29 is 14.3 Å². The highest BCUT2D eigenvalue weighted by Crippen LogP contribution is 2.50. The lowest BCUT2D eigenvalue weighted by Gasteiger charge is -2.28. The van der Waals surface area contributed by atoms with E-state index in [4.69, 9.17) is 9.47 Å². The summed E-state index contributed by atoms with van der Waals surface area (Å²) in [6.45, 7) is 2.00. The largest absolute Gasteiger partial charge is 0.493 e. The third-order valence-electron chi connectivity index (χ3n) is 3.96. The van der Waals surface area contributed by atoms with Crippen LogP contribution in [-0.2, 0) is 10.3 Å². The zero-order valence-corrected chi connectivity index (χ0v) is 13.5. The zero-order chi connectivity index (χ0) is 14.8. The van der Waals surface area contributed by atoms with Crippen LogP contribution in [0.4, 0.5) is 0 Å². The minimum Gasteiger partial charge on any atom is -0.493 e. The molecule has 1 fully saturated rings. The zero-order valence-electron chi connectivity index (χ0n) is 12.0. The molecular weight excluding hydrogens is 322 g/mol. The molecule has 0 saturated heterocycles. The van der Waals surface area contributed by atoms with Gasteiger partial charge in [-0.05, 0) is 47.3 Å².